The number of carbonyl (C=O) groups is 4. The summed E-state index contributed by atoms with van der Waals surface area (Å²) in [7, 11) is 1.23. The molecule has 1 saturated carbocycles. The number of amides is 4. The number of fused-ring (bicyclic) bond motifs is 2. The van der Waals surface area contributed by atoms with Crippen molar-refractivity contribution < 1.29 is 28.7 Å². The van der Waals surface area contributed by atoms with Gasteiger partial charge >= 0.3 is 6.09 Å². The maximum Gasteiger partial charge on any atom is 0.407 e. The van der Waals surface area contributed by atoms with Gasteiger partial charge in [0.2, 0.25) is 17.4 Å². The molecule has 0 bridgehead atoms. The van der Waals surface area contributed by atoms with E-state index in [-0.39, 0.29) is 36.6 Å². The van der Waals surface area contributed by atoms with Gasteiger partial charge in [-0.15, -0.1) is 0 Å². The summed E-state index contributed by atoms with van der Waals surface area (Å²) in [6.07, 6.45) is 3.42. The zero-order chi connectivity index (χ0) is 28.1. The van der Waals surface area contributed by atoms with Crippen LogP contribution in [0.4, 0.5) is 10.6 Å². The molecule has 0 aromatic carbocycles. The number of alkyl carbamates (subject to hydrolysis) is 1. The molecule has 6 atom stereocenters. The number of nitrogens with zero attached hydrogens (tertiary/aromatic N) is 4. The zero-order valence-electron chi connectivity index (χ0n) is 22.6. The Morgan fingerprint density at radius 2 is 2.08 bits per heavy atom. The van der Waals surface area contributed by atoms with Gasteiger partial charge in [-0.2, -0.15) is 5.26 Å². The minimum absolute atomic E-state index is 0.00131. The molecule has 1 spiro atoms. The Hall–Kier alpha value is -3.88. The van der Waals surface area contributed by atoms with E-state index in [9.17, 15) is 24.4 Å². The topological polar surface area (TPSA) is 154 Å². The number of pyridine rings is 1. The summed E-state index contributed by atoms with van der Waals surface area (Å²) in [5.74, 6) is -0.460. The summed E-state index contributed by atoms with van der Waals surface area (Å²) in [5.41, 5.74) is -2.09. The summed E-state index contributed by atoms with van der Waals surface area (Å²) in [6, 6.07) is 2.89. The third kappa shape index (κ3) is 4.53. The predicted molar refractivity (Wildman–Crippen MR) is 137 cm³/mol. The van der Waals surface area contributed by atoms with Gasteiger partial charge in [0.05, 0.1) is 19.7 Å². The number of nitrogens with one attached hydrogen (secondary N) is 2. The fourth-order valence-corrected chi connectivity index (χ4v) is 6.51. The van der Waals surface area contributed by atoms with Crippen LogP contribution >= 0.6 is 0 Å². The van der Waals surface area contributed by atoms with Gasteiger partial charge in [0, 0.05) is 19.2 Å². The van der Waals surface area contributed by atoms with E-state index in [1.54, 1.807) is 17.0 Å². The highest BCUT2D eigenvalue weighted by molar-refractivity contribution is 6.01. The zero-order valence-corrected chi connectivity index (χ0v) is 22.6. The minimum Gasteiger partial charge on any atom is -0.472 e. The number of methoxy groups -OCH3 is 1. The number of anilines is 1. The average Bonchev–Trinajstić information content (AvgIpc) is 3.60. The van der Waals surface area contributed by atoms with E-state index in [0.29, 0.717) is 18.1 Å². The number of hydrogen-bond acceptors (Lipinski definition) is 8. The first kappa shape index (κ1) is 26.7. The van der Waals surface area contributed by atoms with Crippen LogP contribution in [-0.4, -0.2) is 82.5 Å². The number of rotatable bonds is 3. The van der Waals surface area contributed by atoms with E-state index in [2.05, 4.69) is 21.7 Å². The second-order valence-corrected chi connectivity index (χ2v) is 11.9. The van der Waals surface area contributed by atoms with Gasteiger partial charge < -0.3 is 29.9 Å². The number of aromatic nitrogens is 1. The minimum atomic E-state index is -1.44. The lowest BCUT2D eigenvalue weighted by molar-refractivity contribution is -0.148. The van der Waals surface area contributed by atoms with Crippen LogP contribution in [0.15, 0.2) is 18.3 Å². The van der Waals surface area contributed by atoms with Crippen molar-refractivity contribution in [3.05, 3.63) is 18.3 Å². The molecule has 4 aliphatic rings. The van der Waals surface area contributed by atoms with Crippen molar-refractivity contribution in [3.63, 3.8) is 0 Å². The van der Waals surface area contributed by atoms with Crippen molar-refractivity contribution >= 4 is 29.6 Å². The number of nitriles is 1. The largest absolute Gasteiger partial charge is 0.472 e. The standard InChI is InChI=1S/C27H34N6O6/c1-26(2,3)20(30-25(37)38-4)23(35)32-13-15-7-5-8-17(15)19(32)22(34)33-14-27(11-16(33)12-28)24(36)31-21-18(39-27)9-6-10-29-21/h6,9-10,15-17,19-20H,5,7-8,11,13-14H2,1-4H3,(H,30,37)(H,29,31,36). The van der Waals surface area contributed by atoms with Crippen LogP contribution in [0.1, 0.15) is 46.5 Å². The number of likely N-dealkylation sites (tertiary alicyclic amines) is 2. The molecule has 39 heavy (non-hydrogen) atoms. The normalized spacial score (nSPS) is 30.1. The SMILES string of the molecule is COC(=O)NC(C(=O)N1CC2CCCC2C1C(=O)N1CC2(CC1C#N)Oc1cccnc1NC2=O)C(C)(C)C. The molecular formula is C27H34N6O6. The van der Waals surface area contributed by atoms with E-state index >= 15 is 0 Å². The Labute approximate surface area is 227 Å². The molecule has 4 amide bonds. The Balaban J connectivity index is 1.45. The molecule has 12 heteroatoms. The van der Waals surface area contributed by atoms with Gasteiger partial charge in [0.25, 0.3) is 5.91 Å². The Morgan fingerprint density at radius 3 is 2.77 bits per heavy atom. The van der Waals surface area contributed by atoms with Crippen LogP contribution in [0.25, 0.3) is 0 Å². The van der Waals surface area contributed by atoms with Crippen LogP contribution in [-0.2, 0) is 19.1 Å². The summed E-state index contributed by atoms with van der Waals surface area (Å²) in [4.78, 5) is 60.6. The van der Waals surface area contributed by atoms with Crippen LogP contribution in [0.2, 0.25) is 0 Å². The Bertz CT molecular complexity index is 1240. The molecule has 2 N–H and O–H groups in total. The highest BCUT2D eigenvalue weighted by Gasteiger charge is 2.59. The summed E-state index contributed by atoms with van der Waals surface area (Å²) >= 11 is 0. The smallest absolute Gasteiger partial charge is 0.407 e. The average molecular weight is 539 g/mol. The van der Waals surface area contributed by atoms with Crippen molar-refractivity contribution in [2.45, 2.75) is 70.2 Å². The maximum absolute atomic E-state index is 14.3. The van der Waals surface area contributed by atoms with Crippen molar-refractivity contribution in [1.29, 1.82) is 5.26 Å². The molecule has 3 aliphatic heterocycles. The lowest BCUT2D eigenvalue weighted by Crippen LogP contribution is -2.59. The molecule has 0 radical (unpaired) electrons. The molecule has 2 saturated heterocycles. The second kappa shape index (κ2) is 9.70. The molecule has 5 rings (SSSR count). The van der Waals surface area contributed by atoms with Crippen LogP contribution in [0, 0.1) is 28.6 Å². The maximum atomic E-state index is 14.3. The highest BCUT2D eigenvalue weighted by Crippen LogP contribution is 2.45. The van der Waals surface area contributed by atoms with Gasteiger partial charge in [-0.1, -0.05) is 27.2 Å². The number of ether oxygens (including phenoxy) is 2. The second-order valence-electron chi connectivity index (χ2n) is 11.9. The van der Waals surface area contributed by atoms with Gasteiger partial charge in [-0.3, -0.25) is 14.4 Å². The molecule has 1 aromatic rings. The van der Waals surface area contributed by atoms with Crippen molar-refractivity contribution in [2.75, 3.05) is 25.5 Å². The third-order valence-corrected chi connectivity index (χ3v) is 8.47. The van der Waals surface area contributed by atoms with Crippen molar-refractivity contribution in [2.24, 2.45) is 17.3 Å². The number of carbonyl (C=O) groups excluding carboxylic acids is 4. The van der Waals surface area contributed by atoms with Crippen LogP contribution in [0.3, 0.4) is 0 Å². The summed E-state index contributed by atoms with van der Waals surface area (Å²) in [6.45, 7) is 5.77. The summed E-state index contributed by atoms with van der Waals surface area (Å²) < 4.78 is 10.9. The monoisotopic (exact) mass is 538 g/mol. The number of hydrogen-bond donors (Lipinski definition) is 2. The molecule has 1 aromatic heterocycles. The first-order valence-corrected chi connectivity index (χ1v) is 13.3. The lowest BCUT2D eigenvalue weighted by Gasteiger charge is -2.37. The van der Waals surface area contributed by atoms with Gasteiger partial charge in [-0.05, 0) is 42.2 Å². The van der Waals surface area contributed by atoms with Crippen LogP contribution in [0.5, 0.6) is 5.75 Å². The molecule has 12 nitrogen and oxygen atoms in total. The fourth-order valence-electron chi connectivity index (χ4n) is 6.51. The van der Waals surface area contributed by atoms with Gasteiger partial charge in [0.15, 0.2) is 11.6 Å². The van der Waals surface area contributed by atoms with Gasteiger partial charge in [-0.25, -0.2) is 9.78 Å². The molecule has 6 unspecified atom stereocenters. The molecular weight excluding hydrogens is 504 g/mol. The van der Waals surface area contributed by atoms with E-state index in [0.717, 1.165) is 19.3 Å². The fraction of sp³-hybridized carbons (Fsp3) is 0.630. The molecule has 4 heterocycles. The van der Waals surface area contributed by atoms with E-state index < -0.39 is 41.1 Å². The first-order valence-electron chi connectivity index (χ1n) is 13.3. The predicted octanol–water partition coefficient (Wildman–Crippen LogP) is 1.67. The summed E-state index contributed by atoms with van der Waals surface area (Å²) in [5, 5.41) is 15.4. The highest BCUT2D eigenvalue weighted by atomic mass is 16.5. The quantitative estimate of drug-likeness (QED) is 0.589. The van der Waals surface area contributed by atoms with E-state index in [1.807, 2.05) is 20.8 Å². The van der Waals surface area contributed by atoms with Gasteiger partial charge in [0.1, 0.15) is 18.1 Å². The Morgan fingerprint density at radius 1 is 1.31 bits per heavy atom. The molecule has 3 fully saturated rings. The third-order valence-electron chi connectivity index (χ3n) is 8.47. The van der Waals surface area contributed by atoms with E-state index in [4.69, 9.17) is 9.47 Å². The van der Waals surface area contributed by atoms with E-state index in [1.165, 1.54) is 18.2 Å². The van der Waals surface area contributed by atoms with Crippen molar-refractivity contribution in [3.8, 4) is 11.8 Å². The Kier molecular flexibility index (Phi) is 6.64. The lowest BCUT2D eigenvalue weighted by atomic mass is 9.85. The first-order chi connectivity index (χ1) is 18.5. The van der Waals surface area contributed by atoms with Crippen LogP contribution < -0.4 is 15.4 Å². The molecule has 1 aliphatic carbocycles. The van der Waals surface area contributed by atoms with Crippen molar-refractivity contribution in [1.82, 2.24) is 20.1 Å². The molecule has 208 valence electrons.